The molecule has 0 amide bonds. The molecule has 0 aliphatic heterocycles. The zero-order chi connectivity index (χ0) is 17.6. The van der Waals surface area contributed by atoms with Crippen LogP contribution < -0.4 is 10.6 Å². The van der Waals surface area contributed by atoms with E-state index in [-0.39, 0.29) is 5.82 Å². The van der Waals surface area contributed by atoms with E-state index in [0.717, 1.165) is 29.2 Å². The number of halogens is 1. The van der Waals surface area contributed by atoms with Crippen LogP contribution in [0.3, 0.4) is 0 Å². The van der Waals surface area contributed by atoms with Gasteiger partial charge < -0.3 is 10.6 Å². The predicted molar refractivity (Wildman–Crippen MR) is 101 cm³/mol. The second-order valence-corrected chi connectivity index (χ2v) is 5.91. The van der Waals surface area contributed by atoms with Gasteiger partial charge >= 0.3 is 0 Å². The predicted octanol–water partition coefficient (Wildman–Crippen LogP) is 5.24. The minimum absolute atomic E-state index is 0.274. The summed E-state index contributed by atoms with van der Waals surface area (Å²) < 4.78 is 13.1. The van der Waals surface area contributed by atoms with Crippen LogP contribution in [0.4, 0.5) is 21.8 Å². The van der Waals surface area contributed by atoms with Gasteiger partial charge in [0.1, 0.15) is 11.6 Å². The molecule has 2 aromatic carbocycles. The molecule has 0 aliphatic carbocycles. The van der Waals surface area contributed by atoms with Crippen LogP contribution >= 0.6 is 0 Å². The number of benzene rings is 2. The second-order valence-electron chi connectivity index (χ2n) is 5.91. The largest absolute Gasteiger partial charge is 0.367 e. The van der Waals surface area contributed by atoms with E-state index in [1.54, 1.807) is 12.1 Å². The fourth-order valence-corrected chi connectivity index (χ4v) is 2.35. The molecular weight excluding hydrogens is 315 g/mol. The second kappa shape index (κ2) is 7.75. The number of anilines is 3. The lowest BCUT2D eigenvalue weighted by Gasteiger charge is -2.15. The lowest BCUT2D eigenvalue weighted by Crippen LogP contribution is -2.15. The Kier molecular flexibility index (Phi) is 5.23. The Bertz CT molecular complexity index is 819. The van der Waals surface area contributed by atoms with Gasteiger partial charge in [-0.1, -0.05) is 37.3 Å². The topological polar surface area (TPSA) is 49.8 Å². The van der Waals surface area contributed by atoms with E-state index in [0.29, 0.717) is 12.0 Å². The van der Waals surface area contributed by atoms with Gasteiger partial charge in [0.05, 0.1) is 5.69 Å². The molecule has 0 saturated carbocycles. The maximum atomic E-state index is 13.1. The summed E-state index contributed by atoms with van der Waals surface area (Å²) in [5.41, 5.74) is 2.58. The summed E-state index contributed by atoms with van der Waals surface area (Å²) in [5.74, 6) is 0.954. The van der Waals surface area contributed by atoms with Gasteiger partial charge in [0, 0.05) is 23.4 Å². The Morgan fingerprint density at radius 3 is 2.40 bits per heavy atom. The Morgan fingerprint density at radius 2 is 1.72 bits per heavy atom. The molecule has 128 valence electrons. The molecule has 3 aromatic rings. The number of hydrogen-bond donors (Lipinski definition) is 2. The normalized spacial score (nSPS) is 11.8. The van der Waals surface area contributed by atoms with Gasteiger partial charge in [-0.2, -0.15) is 4.98 Å². The van der Waals surface area contributed by atoms with E-state index in [9.17, 15) is 4.39 Å². The molecule has 4 nitrogen and oxygen atoms in total. The number of nitrogens with zero attached hydrogens (tertiary/aromatic N) is 2. The third-order valence-electron chi connectivity index (χ3n) is 3.90. The van der Waals surface area contributed by atoms with Crippen LogP contribution in [0.15, 0.2) is 60.7 Å². The van der Waals surface area contributed by atoms with Crippen molar-refractivity contribution in [3.8, 4) is 11.3 Å². The summed E-state index contributed by atoms with van der Waals surface area (Å²) in [6.07, 6.45) is 0.991. The highest BCUT2D eigenvalue weighted by atomic mass is 19.1. The van der Waals surface area contributed by atoms with Gasteiger partial charge in [-0.3, -0.25) is 0 Å². The summed E-state index contributed by atoms with van der Waals surface area (Å²) >= 11 is 0. The molecule has 0 spiro atoms. The fourth-order valence-electron chi connectivity index (χ4n) is 2.35. The average Bonchev–Trinajstić information content (AvgIpc) is 2.64. The van der Waals surface area contributed by atoms with Crippen LogP contribution in [0.2, 0.25) is 0 Å². The first-order valence-corrected chi connectivity index (χ1v) is 8.37. The summed E-state index contributed by atoms with van der Waals surface area (Å²) in [4.78, 5) is 9.14. The highest BCUT2D eigenvalue weighted by Gasteiger charge is 2.09. The van der Waals surface area contributed by atoms with Crippen LogP contribution in [0, 0.1) is 5.82 Å². The van der Waals surface area contributed by atoms with Crippen molar-refractivity contribution in [1.29, 1.82) is 0 Å². The minimum atomic E-state index is -0.274. The third kappa shape index (κ3) is 4.53. The van der Waals surface area contributed by atoms with Crippen molar-refractivity contribution in [3.05, 3.63) is 66.5 Å². The molecule has 0 saturated heterocycles. The molecule has 25 heavy (non-hydrogen) atoms. The summed E-state index contributed by atoms with van der Waals surface area (Å²) in [6, 6.07) is 18.3. The fraction of sp³-hybridized carbons (Fsp3) is 0.200. The monoisotopic (exact) mass is 336 g/mol. The van der Waals surface area contributed by atoms with Crippen LogP contribution in [0.25, 0.3) is 11.3 Å². The van der Waals surface area contributed by atoms with Crippen molar-refractivity contribution in [3.63, 3.8) is 0 Å². The Labute approximate surface area is 147 Å². The van der Waals surface area contributed by atoms with E-state index >= 15 is 0 Å². The maximum Gasteiger partial charge on any atom is 0.229 e. The molecule has 1 unspecified atom stereocenters. The first-order chi connectivity index (χ1) is 12.1. The lowest BCUT2D eigenvalue weighted by atomic mass is 10.1. The molecule has 0 fully saturated rings. The van der Waals surface area contributed by atoms with Crippen LogP contribution in [0.1, 0.15) is 20.3 Å². The van der Waals surface area contributed by atoms with Crippen LogP contribution in [-0.4, -0.2) is 16.0 Å². The van der Waals surface area contributed by atoms with Gasteiger partial charge in [-0.05, 0) is 37.6 Å². The Morgan fingerprint density at radius 1 is 1.00 bits per heavy atom. The molecule has 0 bridgehead atoms. The smallest absolute Gasteiger partial charge is 0.229 e. The molecule has 0 radical (unpaired) electrons. The zero-order valence-corrected chi connectivity index (χ0v) is 14.3. The van der Waals surface area contributed by atoms with E-state index < -0.39 is 0 Å². The van der Waals surface area contributed by atoms with Crippen molar-refractivity contribution >= 4 is 17.5 Å². The lowest BCUT2D eigenvalue weighted by molar-refractivity contribution is 0.628. The zero-order valence-electron chi connectivity index (χ0n) is 14.3. The van der Waals surface area contributed by atoms with Crippen molar-refractivity contribution in [2.24, 2.45) is 0 Å². The number of aromatic nitrogens is 2. The minimum Gasteiger partial charge on any atom is -0.367 e. The summed E-state index contributed by atoms with van der Waals surface area (Å²) in [6.45, 7) is 4.23. The van der Waals surface area contributed by atoms with Crippen molar-refractivity contribution in [2.45, 2.75) is 26.3 Å². The number of hydrogen-bond acceptors (Lipinski definition) is 4. The van der Waals surface area contributed by atoms with Gasteiger partial charge in [0.15, 0.2) is 0 Å². The quantitative estimate of drug-likeness (QED) is 0.646. The van der Waals surface area contributed by atoms with Gasteiger partial charge in [0.25, 0.3) is 0 Å². The SMILES string of the molecule is CCC(C)Nc1cc(-c2ccccc2)nc(Nc2ccc(F)cc2)n1. The first kappa shape index (κ1) is 16.9. The van der Waals surface area contributed by atoms with Crippen LogP contribution in [-0.2, 0) is 0 Å². The average molecular weight is 336 g/mol. The molecule has 1 heterocycles. The Balaban J connectivity index is 1.95. The van der Waals surface area contributed by atoms with Gasteiger partial charge in [-0.15, -0.1) is 0 Å². The molecule has 1 atom stereocenters. The van der Waals surface area contributed by atoms with Crippen molar-refractivity contribution < 1.29 is 4.39 Å². The summed E-state index contributed by atoms with van der Waals surface area (Å²) in [7, 11) is 0. The highest BCUT2D eigenvalue weighted by Crippen LogP contribution is 2.23. The molecular formula is C20H21FN4. The molecule has 3 rings (SSSR count). The van der Waals surface area contributed by atoms with E-state index in [1.165, 1.54) is 12.1 Å². The summed E-state index contributed by atoms with van der Waals surface area (Å²) in [5, 5.41) is 6.53. The van der Waals surface area contributed by atoms with Crippen LogP contribution in [0.5, 0.6) is 0 Å². The van der Waals surface area contributed by atoms with Gasteiger partial charge in [0.2, 0.25) is 5.95 Å². The number of rotatable bonds is 6. The molecule has 1 aromatic heterocycles. The van der Waals surface area contributed by atoms with Crippen molar-refractivity contribution in [1.82, 2.24) is 9.97 Å². The van der Waals surface area contributed by atoms with E-state index in [2.05, 4.69) is 34.4 Å². The number of nitrogens with one attached hydrogen (secondary N) is 2. The standard InChI is InChI=1S/C20H21FN4/c1-3-14(2)22-19-13-18(15-7-5-4-6-8-15)24-20(25-19)23-17-11-9-16(21)10-12-17/h4-14H,3H2,1-2H3,(H2,22,23,24,25). The molecule has 0 aliphatic rings. The molecule has 2 N–H and O–H groups in total. The van der Waals surface area contributed by atoms with E-state index in [1.807, 2.05) is 36.4 Å². The maximum absolute atomic E-state index is 13.1. The highest BCUT2D eigenvalue weighted by molar-refractivity contribution is 5.66. The van der Waals surface area contributed by atoms with Crippen molar-refractivity contribution in [2.75, 3.05) is 10.6 Å². The third-order valence-corrected chi connectivity index (χ3v) is 3.90. The van der Waals surface area contributed by atoms with Gasteiger partial charge in [-0.25, -0.2) is 9.37 Å². The first-order valence-electron chi connectivity index (χ1n) is 8.37. The van der Waals surface area contributed by atoms with E-state index in [4.69, 9.17) is 0 Å². The Hall–Kier alpha value is -2.95. The molecule has 5 heteroatoms.